The third-order valence-corrected chi connectivity index (χ3v) is 2.21. The summed E-state index contributed by atoms with van der Waals surface area (Å²) in [7, 11) is 1.29. The van der Waals surface area contributed by atoms with Crippen LogP contribution in [0.3, 0.4) is 0 Å². The van der Waals surface area contributed by atoms with Crippen molar-refractivity contribution in [1.82, 2.24) is 0 Å². The van der Waals surface area contributed by atoms with Crippen molar-refractivity contribution in [2.75, 3.05) is 7.11 Å². The Morgan fingerprint density at radius 2 is 2.29 bits per heavy atom. The predicted octanol–water partition coefficient (Wildman–Crippen LogP) is 1.51. The van der Waals surface area contributed by atoms with Gasteiger partial charge in [-0.05, 0) is 26.0 Å². The van der Waals surface area contributed by atoms with Crippen LogP contribution in [0.25, 0.3) is 0 Å². The molecule has 0 aliphatic carbocycles. The lowest BCUT2D eigenvalue weighted by molar-refractivity contribution is -0.158. The molecule has 0 fully saturated rings. The summed E-state index contributed by atoms with van der Waals surface area (Å²) in [5, 5.41) is 9.84. The SMILES string of the molecule is COC(=O)C(C)(C)[C@H](O)c1ccco1. The second kappa shape index (κ2) is 3.84. The van der Waals surface area contributed by atoms with Crippen LogP contribution in [-0.4, -0.2) is 18.2 Å². The first-order valence-corrected chi connectivity index (χ1v) is 4.30. The van der Waals surface area contributed by atoms with Crippen LogP contribution in [0.5, 0.6) is 0 Å². The number of esters is 1. The Labute approximate surface area is 82.5 Å². The molecule has 0 amide bonds. The number of ether oxygens (including phenoxy) is 1. The fraction of sp³-hybridized carbons (Fsp3) is 0.500. The van der Waals surface area contributed by atoms with Crippen molar-refractivity contribution in [3.63, 3.8) is 0 Å². The van der Waals surface area contributed by atoms with E-state index in [0.29, 0.717) is 5.76 Å². The first-order valence-electron chi connectivity index (χ1n) is 4.30. The van der Waals surface area contributed by atoms with Crippen LogP contribution in [0.4, 0.5) is 0 Å². The van der Waals surface area contributed by atoms with E-state index in [9.17, 15) is 9.90 Å². The van der Waals surface area contributed by atoms with Crippen molar-refractivity contribution in [2.24, 2.45) is 5.41 Å². The molecule has 1 atom stereocenters. The summed E-state index contributed by atoms with van der Waals surface area (Å²) in [5.41, 5.74) is -1.01. The van der Waals surface area contributed by atoms with E-state index in [1.54, 1.807) is 26.0 Å². The van der Waals surface area contributed by atoms with Gasteiger partial charge in [0.2, 0.25) is 0 Å². The molecule has 0 bridgehead atoms. The Balaban J connectivity index is 2.88. The van der Waals surface area contributed by atoms with Crippen molar-refractivity contribution in [3.05, 3.63) is 24.2 Å². The molecule has 0 aliphatic heterocycles. The quantitative estimate of drug-likeness (QED) is 0.748. The van der Waals surface area contributed by atoms with Crippen LogP contribution in [0, 0.1) is 5.41 Å². The molecule has 78 valence electrons. The molecule has 0 saturated heterocycles. The lowest BCUT2D eigenvalue weighted by atomic mass is 9.85. The summed E-state index contributed by atoms with van der Waals surface area (Å²) in [6.45, 7) is 3.21. The number of carbonyl (C=O) groups is 1. The third-order valence-electron chi connectivity index (χ3n) is 2.21. The van der Waals surface area contributed by atoms with E-state index in [1.165, 1.54) is 13.4 Å². The number of hydrogen-bond donors (Lipinski definition) is 1. The fourth-order valence-electron chi connectivity index (χ4n) is 1.18. The van der Waals surface area contributed by atoms with Crippen molar-refractivity contribution in [1.29, 1.82) is 0 Å². The Kier molecular flexibility index (Phi) is 2.96. The highest BCUT2D eigenvalue weighted by molar-refractivity contribution is 5.76. The number of carbonyl (C=O) groups excluding carboxylic acids is 1. The molecule has 1 aromatic heterocycles. The summed E-state index contributed by atoms with van der Waals surface area (Å²) < 4.78 is 9.61. The number of aliphatic hydroxyl groups excluding tert-OH is 1. The number of rotatable bonds is 3. The molecule has 0 aromatic carbocycles. The van der Waals surface area contributed by atoms with Gasteiger partial charge in [0.15, 0.2) is 0 Å². The zero-order valence-electron chi connectivity index (χ0n) is 8.48. The van der Waals surface area contributed by atoms with Crippen molar-refractivity contribution in [3.8, 4) is 0 Å². The predicted molar refractivity (Wildman–Crippen MR) is 49.5 cm³/mol. The minimum atomic E-state index is -1.01. The molecule has 4 heteroatoms. The van der Waals surface area contributed by atoms with Crippen molar-refractivity contribution >= 4 is 5.97 Å². The van der Waals surface area contributed by atoms with E-state index in [0.717, 1.165) is 0 Å². The monoisotopic (exact) mass is 198 g/mol. The molecule has 1 N–H and O–H groups in total. The topological polar surface area (TPSA) is 59.7 Å². The molecule has 1 aromatic rings. The standard InChI is InChI=1S/C10H14O4/c1-10(2,9(12)13-3)8(11)7-5-4-6-14-7/h4-6,8,11H,1-3H3/t8-/m1/s1. The van der Waals surface area contributed by atoms with Gasteiger partial charge in [-0.3, -0.25) is 4.79 Å². The second-order valence-electron chi connectivity index (χ2n) is 3.63. The summed E-state index contributed by atoms with van der Waals surface area (Å²) in [5.74, 6) is -0.109. The van der Waals surface area contributed by atoms with Crippen LogP contribution >= 0.6 is 0 Å². The summed E-state index contributed by atoms with van der Waals surface area (Å²) >= 11 is 0. The molecular formula is C10H14O4. The summed E-state index contributed by atoms with van der Waals surface area (Å²) in [6, 6.07) is 3.28. The van der Waals surface area contributed by atoms with E-state index in [-0.39, 0.29) is 0 Å². The van der Waals surface area contributed by atoms with Gasteiger partial charge >= 0.3 is 5.97 Å². The molecule has 0 unspecified atom stereocenters. The van der Waals surface area contributed by atoms with Gasteiger partial charge in [0.05, 0.1) is 18.8 Å². The molecule has 0 aliphatic rings. The maximum absolute atomic E-state index is 11.3. The minimum absolute atomic E-state index is 0.361. The van der Waals surface area contributed by atoms with Crippen LogP contribution in [0.2, 0.25) is 0 Å². The highest BCUT2D eigenvalue weighted by atomic mass is 16.5. The largest absolute Gasteiger partial charge is 0.469 e. The van der Waals surface area contributed by atoms with E-state index in [4.69, 9.17) is 4.42 Å². The number of furan rings is 1. The van der Waals surface area contributed by atoms with Crippen molar-refractivity contribution < 1.29 is 19.1 Å². The first kappa shape index (κ1) is 10.8. The van der Waals surface area contributed by atoms with Gasteiger partial charge in [0, 0.05) is 0 Å². The second-order valence-corrected chi connectivity index (χ2v) is 3.63. The summed E-state index contributed by atoms with van der Waals surface area (Å²) in [6.07, 6.45) is 0.455. The number of hydrogen-bond acceptors (Lipinski definition) is 4. The molecule has 0 saturated carbocycles. The lowest BCUT2D eigenvalue weighted by Gasteiger charge is -2.25. The normalized spacial score (nSPS) is 13.7. The molecular weight excluding hydrogens is 184 g/mol. The number of methoxy groups -OCH3 is 1. The van der Waals surface area contributed by atoms with Crippen LogP contribution < -0.4 is 0 Å². The van der Waals surface area contributed by atoms with Crippen LogP contribution in [0.1, 0.15) is 25.7 Å². The average Bonchev–Trinajstić information content (AvgIpc) is 2.67. The van der Waals surface area contributed by atoms with E-state index < -0.39 is 17.5 Å². The average molecular weight is 198 g/mol. The molecule has 1 rings (SSSR count). The third kappa shape index (κ3) is 1.80. The zero-order chi connectivity index (χ0) is 10.8. The fourth-order valence-corrected chi connectivity index (χ4v) is 1.18. The Morgan fingerprint density at radius 1 is 1.64 bits per heavy atom. The zero-order valence-corrected chi connectivity index (χ0v) is 8.48. The maximum Gasteiger partial charge on any atom is 0.314 e. The molecule has 4 nitrogen and oxygen atoms in total. The van der Waals surface area contributed by atoms with Crippen molar-refractivity contribution in [2.45, 2.75) is 20.0 Å². The Bertz CT molecular complexity index is 300. The van der Waals surface area contributed by atoms with Crippen LogP contribution in [0.15, 0.2) is 22.8 Å². The molecule has 0 spiro atoms. The molecule has 1 heterocycles. The smallest absolute Gasteiger partial charge is 0.314 e. The van der Waals surface area contributed by atoms with Gasteiger partial charge in [-0.1, -0.05) is 0 Å². The van der Waals surface area contributed by atoms with E-state index >= 15 is 0 Å². The highest BCUT2D eigenvalue weighted by Gasteiger charge is 2.39. The maximum atomic E-state index is 11.3. The lowest BCUT2D eigenvalue weighted by Crippen LogP contribution is -2.32. The Hall–Kier alpha value is -1.29. The van der Waals surface area contributed by atoms with E-state index in [2.05, 4.69) is 4.74 Å². The highest BCUT2D eigenvalue weighted by Crippen LogP contribution is 2.34. The first-order chi connectivity index (χ1) is 6.50. The van der Waals surface area contributed by atoms with Gasteiger partial charge in [0.1, 0.15) is 11.9 Å². The van der Waals surface area contributed by atoms with Gasteiger partial charge in [-0.25, -0.2) is 0 Å². The van der Waals surface area contributed by atoms with Gasteiger partial charge < -0.3 is 14.3 Å². The Morgan fingerprint density at radius 3 is 2.71 bits per heavy atom. The summed E-state index contributed by atoms with van der Waals surface area (Å²) in [4.78, 5) is 11.3. The van der Waals surface area contributed by atoms with Gasteiger partial charge in [-0.2, -0.15) is 0 Å². The minimum Gasteiger partial charge on any atom is -0.469 e. The van der Waals surface area contributed by atoms with Gasteiger partial charge in [-0.15, -0.1) is 0 Å². The van der Waals surface area contributed by atoms with E-state index in [1.807, 2.05) is 0 Å². The number of aliphatic hydroxyl groups is 1. The molecule has 14 heavy (non-hydrogen) atoms. The van der Waals surface area contributed by atoms with Crippen LogP contribution in [-0.2, 0) is 9.53 Å². The molecule has 0 radical (unpaired) electrons. The van der Waals surface area contributed by atoms with Gasteiger partial charge in [0.25, 0.3) is 0 Å².